The smallest absolute Gasteiger partial charge is 0.222 e. The molecule has 1 aliphatic heterocycles. The molecule has 1 rings (SSSR count). The van der Waals surface area contributed by atoms with Crippen LogP contribution in [-0.4, -0.2) is 49.9 Å². The van der Waals surface area contributed by atoms with E-state index in [9.17, 15) is 9.59 Å². The second kappa shape index (κ2) is 7.27. The van der Waals surface area contributed by atoms with E-state index in [0.29, 0.717) is 31.8 Å². The highest BCUT2D eigenvalue weighted by Gasteiger charge is 2.14. The second-order valence-electron chi connectivity index (χ2n) is 4.74. The summed E-state index contributed by atoms with van der Waals surface area (Å²) in [7, 11) is 3.46. The summed E-state index contributed by atoms with van der Waals surface area (Å²) in [4.78, 5) is 24.3. The number of rotatable bonds is 6. The van der Waals surface area contributed by atoms with Gasteiger partial charge < -0.3 is 15.5 Å². The lowest BCUT2D eigenvalue weighted by atomic mass is 10.2. The first kappa shape index (κ1) is 14.0. The summed E-state index contributed by atoms with van der Waals surface area (Å²) in [5.41, 5.74) is 0. The first-order valence-electron chi connectivity index (χ1n) is 6.30. The molecule has 5 heteroatoms. The van der Waals surface area contributed by atoms with Crippen molar-refractivity contribution in [1.29, 1.82) is 0 Å². The molecule has 0 aromatic carbocycles. The van der Waals surface area contributed by atoms with Crippen molar-refractivity contribution in [3.05, 3.63) is 0 Å². The minimum atomic E-state index is 0.0465. The first-order valence-corrected chi connectivity index (χ1v) is 6.30. The Kier molecular flexibility index (Phi) is 5.97. The van der Waals surface area contributed by atoms with Gasteiger partial charge in [-0.25, -0.2) is 0 Å². The van der Waals surface area contributed by atoms with E-state index in [-0.39, 0.29) is 11.8 Å². The maximum absolute atomic E-state index is 11.5. The molecule has 17 heavy (non-hydrogen) atoms. The SMILES string of the molecule is CN(C)C(=O)CCCC(=O)NCC1CCCN1. The van der Waals surface area contributed by atoms with Crippen LogP contribution >= 0.6 is 0 Å². The molecule has 1 saturated heterocycles. The van der Waals surface area contributed by atoms with Gasteiger partial charge in [0.2, 0.25) is 11.8 Å². The van der Waals surface area contributed by atoms with Gasteiger partial charge >= 0.3 is 0 Å². The number of nitrogens with zero attached hydrogens (tertiary/aromatic N) is 1. The van der Waals surface area contributed by atoms with E-state index in [2.05, 4.69) is 10.6 Å². The third kappa shape index (κ3) is 5.68. The molecule has 0 radical (unpaired) electrons. The summed E-state index contributed by atoms with van der Waals surface area (Å²) in [6, 6.07) is 0.433. The van der Waals surface area contributed by atoms with Crippen LogP contribution in [-0.2, 0) is 9.59 Å². The van der Waals surface area contributed by atoms with Gasteiger partial charge in [-0.15, -0.1) is 0 Å². The highest BCUT2D eigenvalue weighted by molar-refractivity contribution is 5.78. The van der Waals surface area contributed by atoms with Gasteiger partial charge in [0.05, 0.1) is 0 Å². The molecule has 1 fully saturated rings. The maximum atomic E-state index is 11.5. The predicted molar refractivity (Wildman–Crippen MR) is 66.6 cm³/mol. The van der Waals surface area contributed by atoms with Crippen LogP contribution in [0.4, 0.5) is 0 Å². The monoisotopic (exact) mass is 241 g/mol. The predicted octanol–water partition coefficient (Wildman–Crippen LogP) is 0.113. The van der Waals surface area contributed by atoms with Gasteiger partial charge in [-0.05, 0) is 25.8 Å². The highest BCUT2D eigenvalue weighted by atomic mass is 16.2. The van der Waals surface area contributed by atoms with Gasteiger partial charge in [0.25, 0.3) is 0 Å². The Balaban J connectivity index is 2.02. The molecular formula is C12H23N3O2. The molecule has 5 nitrogen and oxygen atoms in total. The molecule has 2 amide bonds. The zero-order valence-electron chi connectivity index (χ0n) is 10.8. The molecule has 1 atom stereocenters. The van der Waals surface area contributed by atoms with E-state index < -0.39 is 0 Å². The van der Waals surface area contributed by atoms with Gasteiger partial charge in [0.15, 0.2) is 0 Å². The van der Waals surface area contributed by atoms with Crippen LogP contribution in [0.15, 0.2) is 0 Å². The van der Waals surface area contributed by atoms with Crippen LogP contribution in [0.25, 0.3) is 0 Å². The minimum Gasteiger partial charge on any atom is -0.355 e. The van der Waals surface area contributed by atoms with E-state index >= 15 is 0 Å². The first-order chi connectivity index (χ1) is 8.09. The van der Waals surface area contributed by atoms with E-state index in [1.807, 2.05) is 0 Å². The van der Waals surface area contributed by atoms with Crippen LogP contribution in [0.2, 0.25) is 0 Å². The van der Waals surface area contributed by atoms with Crippen LogP contribution in [0.1, 0.15) is 32.1 Å². The van der Waals surface area contributed by atoms with Crippen molar-refractivity contribution in [3.63, 3.8) is 0 Å². The van der Waals surface area contributed by atoms with Gasteiger partial charge in [-0.2, -0.15) is 0 Å². The molecular weight excluding hydrogens is 218 g/mol. The van der Waals surface area contributed by atoms with Crippen molar-refractivity contribution in [2.45, 2.75) is 38.1 Å². The average Bonchev–Trinajstić information content (AvgIpc) is 2.78. The number of nitrogens with one attached hydrogen (secondary N) is 2. The molecule has 2 N–H and O–H groups in total. The van der Waals surface area contributed by atoms with Gasteiger partial charge in [0.1, 0.15) is 0 Å². The quantitative estimate of drug-likeness (QED) is 0.694. The number of hydrogen-bond donors (Lipinski definition) is 2. The molecule has 1 unspecified atom stereocenters. The third-order valence-corrected chi connectivity index (χ3v) is 3.00. The summed E-state index contributed by atoms with van der Waals surface area (Å²) in [6.07, 6.45) is 3.84. The van der Waals surface area contributed by atoms with Crippen LogP contribution in [0, 0.1) is 0 Å². The molecule has 0 bridgehead atoms. The molecule has 1 heterocycles. The number of amides is 2. The highest BCUT2D eigenvalue weighted by Crippen LogP contribution is 2.03. The van der Waals surface area contributed by atoms with Gasteiger partial charge in [-0.1, -0.05) is 0 Å². The largest absolute Gasteiger partial charge is 0.355 e. The summed E-state index contributed by atoms with van der Waals surface area (Å²) in [5.74, 6) is 0.125. The molecule has 0 spiro atoms. The normalized spacial score (nSPS) is 19.1. The summed E-state index contributed by atoms with van der Waals surface area (Å²) in [5, 5.41) is 6.23. The summed E-state index contributed by atoms with van der Waals surface area (Å²) < 4.78 is 0. The molecule has 0 aromatic rings. The number of carbonyl (C=O) groups excluding carboxylic acids is 2. The molecule has 0 saturated carbocycles. The van der Waals surface area contributed by atoms with E-state index in [4.69, 9.17) is 0 Å². The second-order valence-corrected chi connectivity index (χ2v) is 4.74. The lowest BCUT2D eigenvalue weighted by molar-refractivity contribution is -0.129. The fraction of sp³-hybridized carbons (Fsp3) is 0.833. The number of hydrogen-bond acceptors (Lipinski definition) is 3. The van der Waals surface area contributed by atoms with Crippen molar-refractivity contribution < 1.29 is 9.59 Å². The van der Waals surface area contributed by atoms with Crippen molar-refractivity contribution in [2.24, 2.45) is 0 Å². The van der Waals surface area contributed by atoms with Gasteiger partial charge in [0, 0.05) is 39.5 Å². The van der Waals surface area contributed by atoms with Crippen molar-refractivity contribution in [3.8, 4) is 0 Å². The maximum Gasteiger partial charge on any atom is 0.222 e. The van der Waals surface area contributed by atoms with Crippen LogP contribution in [0.5, 0.6) is 0 Å². The Labute approximate surface area is 103 Å². The van der Waals surface area contributed by atoms with E-state index in [0.717, 1.165) is 13.0 Å². The van der Waals surface area contributed by atoms with E-state index in [1.165, 1.54) is 6.42 Å². The molecule has 0 aromatic heterocycles. The Morgan fingerprint density at radius 1 is 1.35 bits per heavy atom. The Morgan fingerprint density at radius 3 is 2.71 bits per heavy atom. The summed E-state index contributed by atoms with van der Waals surface area (Å²) in [6.45, 7) is 1.76. The Morgan fingerprint density at radius 2 is 2.12 bits per heavy atom. The number of carbonyl (C=O) groups is 2. The zero-order valence-corrected chi connectivity index (χ0v) is 10.8. The molecule has 98 valence electrons. The Hall–Kier alpha value is -1.10. The van der Waals surface area contributed by atoms with E-state index in [1.54, 1.807) is 19.0 Å². The topological polar surface area (TPSA) is 61.4 Å². The minimum absolute atomic E-state index is 0.0465. The Bertz CT molecular complexity index is 260. The average molecular weight is 241 g/mol. The third-order valence-electron chi connectivity index (χ3n) is 3.00. The van der Waals surface area contributed by atoms with Crippen molar-refractivity contribution in [2.75, 3.05) is 27.2 Å². The fourth-order valence-electron chi connectivity index (χ4n) is 1.88. The fourth-order valence-corrected chi connectivity index (χ4v) is 1.88. The van der Waals surface area contributed by atoms with Crippen LogP contribution < -0.4 is 10.6 Å². The van der Waals surface area contributed by atoms with Crippen molar-refractivity contribution in [1.82, 2.24) is 15.5 Å². The zero-order chi connectivity index (χ0) is 12.7. The standard InChI is InChI=1S/C12H23N3O2/c1-15(2)12(17)7-3-6-11(16)14-9-10-5-4-8-13-10/h10,13H,3-9H2,1-2H3,(H,14,16). The van der Waals surface area contributed by atoms with Gasteiger partial charge in [-0.3, -0.25) is 9.59 Å². The lowest BCUT2D eigenvalue weighted by Gasteiger charge is -2.12. The molecule has 0 aliphatic carbocycles. The van der Waals surface area contributed by atoms with Crippen LogP contribution in [0.3, 0.4) is 0 Å². The van der Waals surface area contributed by atoms with Crippen molar-refractivity contribution >= 4 is 11.8 Å². The molecule has 1 aliphatic rings. The lowest BCUT2D eigenvalue weighted by Crippen LogP contribution is -2.37. The summed E-state index contributed by atoms with van der Waals surface area (Å²) >= 11 is 0.